The number of nitrogens with zero attached hydrogens (tertiary/aromatic N) is 2. The van der Waals surface area contributed by atoms with E-state index < -0.39 is 34.4 Å². The summed E-state index contributed by atoms with van der Waals surface area (Å²) in [6, 6.07) is 12.3. The van der Waals surface area contributed by atoms with E-state index in [1.807, 2.05) is 13.8 Å². The molecule has 4 nitrogen and oxygen atoms in total. The van der Waals surface area contributed by atoms with Crippen LogP contribution < -0.4 is 0 Å². The van der Waals surface area contributed by atoms with E-state index in [9.17, 15) is 18.0 Å². The van der Waals surface area contributed by atoms with E-state index >= 15 is 0 Å². The zero-order valence-corrected chi connectivity index (χ0v) is 22.4. The fourth-order valence-electron chi connectivity index (χ4n) is 3.86. The lowest BCUT2D eigenvalue weighted by Crippen LogP contribution is -2.23. The largest absolute Gasteiger partial charge is 0.478 e. The predicted molar refractivity (Wildman–Crippen MR) is 140 cm³/mol. The molecule has 0 atom stereocenters. The first kappa shape index (κ1) is 27.4. The number of carboxylic acids is 1. The average molecular weight is 586 g/mol. The number of carboxylic acid groups (broad SMARTS) is 1. The summed E-state index contributed by atoms with van der Waals surface area (Å²) in [4.78, 5) is 15.6. The number of carbonyl (C=O) groups is 1. The van der Waals surface area contributed by atoms with Gasteiger partial charge in [-0.25, -0.2) is 22.9 Å². The average Bonchev–Trinajstić information content (AvgIpc) is 3.17. The molecular formula is C26H18Cl3F3N2O2S. The summed E-state index contributed by atoms with van der Waals surface area (Å²) in [7, 11) is 0. The second kappa shape index (κ2) is 10.6. The van der Waals surface area contributed by atoms with Crippen molar-refractivity contribution in [2.24, 2.45) is 0 Å². The summed E-state index contributed by atoms with van der Waals surface area (Å²) < 4.78 is 44.6. The van der Waals surface area contributed by atoms with E-state index in [0.717, 1.165) is 29.5 Å². The van der Waals surface area contributed by atoms with Crippen molar-refractivity contribution in [3.05, 3.63) is 110 Å². The van der Waals surface area contributed by atoms with Gasteiger partial charge in [0, 0.05) is 22.4 Å². The normalized spacial score (nSPS) is 11.7. The summed E-state index contributed by atoms with van der Waals surface area (Å²) in [5.41, 5.74) is 0.225. The fraction of sp³-hybridized carbons (Fsp3) is 0.154. The molecule has 0 aliphatic carbocycles. The highest BCUT2D eigenvalue weighted by molar-refractivity contribution is 7.98. The second-order valence-corrected chi connectivity index (χ2v) is 10.7. The standard InChI is InChI=1S/C26H18Cl3F3N2O2S/c1-26(2,14-3-8-18(27)19(28)11-14)22-23(29)33-25(34(22)16-6-4-15(30)5-7-16)37-12-17-20(31)9-13(24(35)36)10-21(17)32/h3-11H,12H2,1-2H3,(H,35,36). The maximum Gasteiger partial charge on any atom is 0.335 e. The summed E-state index contributed by atoms with van der Waals surface area (Å²) >= 11 is 20.0. The lowest BCUT2D eigenvalue weighted by molar-refractivity contribution is 0.0695. The molecule has 1 aromatic heterocycles. The number of rotatable bonds is 7. The molecule has 192 valence electrons. The summed E-state index contributed by atoms with van der Waals surface area (Å²) in [5, 5.41) is 10.2. The summed E-state index contributed by atoms with van der Waals surface area (Å²) in [6.07, 6.45) is 0. The zero-order valence-electron chi connectivity index (χ0n) is 19.3. The number of aromatic carboxylic acids is 1. The minimum atomic E-state index is -1.44. The predicted octanol–water partition coefficient (Wildman–Crippen LogP) is 8.57. The van der Waals surface area contributed by atoms with Crippen LogP contribution in [0.25, 0.3) is 5.69 Å². The van der Waals surface area contributed by atoms with Crippen LogP contribution in [-0.4, -0.2) is 20.6 Å². The van der Waals surface area contributed by atoms with Crippen molar-refractivity contribution >= 4 is 52.5 Å². The van der Waals surface area contributed by atoms with Gasteiger partial charge in [0.2, 0.25) is 0 Å². The Balaban J connectivity index is 1.83. The molecule has 0 amide bonds. The van der Waals surface area contributed by atoms with E-state index in [1.165, 1.54) is 24.3 Å². The van der Waals surface area contributed by atoms with Crippen LogP contribution in [0.3, 0.4) is 0 Å². The quantitative estimate of drug-likeness (QED) is 0.221. The lowest BCUT2D eigenvalue weighted by Gasteiger charge is -2.28. The third-order valence-electron chi connectivity index (χ3n) is 5.86. The van der Waals surface area contributed by atoms with Crippen LogP contribution >= 0.6 is 46.6 Å². The Labute approximate surface area is 230 Å². The molecule has 0 unspecified atom stereocenters. The number of benzene rings is 3. The van der Waals surface area contributed by atoms with Gasteiger partial charge in [-0.05, 0) is 54.1 Å². The molecule has 1 N–H and O–H groups in total. The molecular weight excluding hydrogens is 568 g/mol. The number of aromatic nitrogens is 2. The molecule has 0 aliphatic heterocycles. The number of hydrogen-bond donors (Lipinski definition) is 1. The molecule has 37 heavy (non-hydrogen) atoms. The first-order chi connectivity index (χ1) is 17.4. The van der Waals surface area contributed by atoms with Crippen molar-refractivity contribution in [1.29, 1.82) is 0 Å². The van der Waals surface area contributed by atoms with E-state index in [1.54, 1.807) is 22.8 Å². The highest BCUT2D eigenvalue weighted by Gasteiger charge is 2.33. The molecule has 0 bridgehead atoms. The summed E-state index contributed by atoms with van der Waals surface area (Å²) in [5.74, 6) is -4.08. The van der Waals surface area contributed by atoms with Crippen molar-refractivity contribution in [2.75, 3.05) is 0 Å². The molecule has 4 rings (SSSR count). The van der Waals surface area contributed by atoms with Gasteiger partial charge in [-0.3, -0.25) is 4.57 Å². The molecule has 4 aromatic rings. The number of hydrogen-bond acceptors (Lipinski definition) is 3. The van der Waals surface area contributed by atoms with Crippen LogP contribution in [0, 0.1) is 17.5 Å². The van der Waals surface area contributed by atoms with Crippen LogP contribution in [0.4, 0.5) is 13.2 Å². The Kier molecular flexibility index (Phi) is 7.85. The van der Waals surface area contributed by atoms with Gasteiger partial charge in [0.1, 0.15) is 17.5 Å². The number of imidazole rings is 1. The van der Waals surface area contributed by atoms with Crippen molar-refractivity contribution in [3.63, 3.8) is 0 Å². The van der Waals surface area contributed by atoms with Gasteiger partial charge in [-0.1, -0.05) is 66.5 Å². The third-order valence-corrected chi connectivity index (χ3v) is 7.82. The van der Waals surface area contributed by atoms with Crippen LogP contribution in [0.15, 0.2) is 59.8 Å². The van der Waals surface area contributed by atoms with Gasteiger partial charge in [0.05, 0.1) is 21.3 Å². The number of halogens is 6. The minimum Gasteiger partial charge on any atom is -0.478 e. The molecule has 3 aromatic carbocycles. The topological polar surface area (TPSA) is 55.1 Å². The molecule has 0 radical (unpaired) electrons. The minimum absolute atomic E-state index is 0.130. The Hall–Kier alpha value is -2.65. The molecule has 0 fully saturated rings. The van der Waals surface area contributed by atoms with Gasteiger partial charge in [-0.2, -0.15) is 0 Å². The van der Waals surface area contributed by atoms with E-state index in [2.05, 4.69) is 4.98 Å². The first-order valence-electron chi connectivity index (χ1n) is 10.7. The Bertz CT molecular complexity index is 1480. The molecule has 0 saturated heterocycles. The lowest BCUT2D eigenvalue weighted by atomic mass is 9.81. The van der Waals surface area contributed by atoms with Gasteiger partial charge >= 0.3 is 5.97 Å². The smallest absolute Gasteiger partial charge is 0.335 e. The fourth-order valence-corrected chi connectivity index (χ4v) is 5.64. The first-order valence-corrected chi connectivity index (χ1v) is 12.9. The maximum absolute atomic E-state index is 14.6. The Morgan fingerprint density at radius 2 is 1.59 bits per heavy atom. The van der Waals surface area contributed by atoms with Gasteiger partial charge < -0.3 is 5.11 Å². The van der Waals surface area contributed by atoms with E-state index in [-0.39, 0.29) is 16.5 Å². The van der Waals surface area contributed by atoms with Gasteiger partial charge in [0.25, 0.3) is 0 Å². The Morgan fingerprint density at radius 1 is 0.973 bits per heavy atom. The number of thioether (sulfide) groups is 1. The SMILES string of the molecule is CC(C)(c1ccc(Cl)c(Cl)c1)c1c(Cl)nc(SCc2c(F)cc(C(=O)O)cc2F)n1-c1ccc(F)cc1. The van der Waals surface area contributed by atoms with Crippen LogP contribution in [0.2, 0.25) is 15.2 Å². The van der Waals surface area contributed by atoms with Crippen LogP contribution in [0.1, 0.15) is 41.0 Å². The third kappa shape index (κ3) is 5.48. The van der Waals surface area contributed by atoms with Crippen LogP contribution in [-0.2, 0) is 11.2 Å². The molecule has 11 heteroatoms. The highest BCUT2D eigenvalue weighted by atomic mass is 35.5. The molecule has 0 aliphatic rings. The van der Waals surface area contributed by atoms with Crippen molar-refractivity contribution < 1.29 is 23.1 Å². The van der Waals surface area contributed by atoms with Crippen molar-refractivity contribution in [2.45, 2.75) is 30.2 Å². The van der Waals surface area contributed by atoms with E-state index in [0.29, 0.717) is 26.6 Å². The van der Waals surface area contributed by atoms with Crippen molar-refractivity contribution in [3.8, 4) is 5.69 Å². The summed E-state index contributed by atoms with van der Waals surface area (Å²) in [6.45, 7) is 3.79. The Morgan fingerprint density at radius 3 is 2.16 bits per heavy atom. The second-order valence-electron chi connectivity index (χ2n) is 8.61. The zero-order chi connectivity index (χ0) is 27.1. The van der Waals surface area contributed by atoms with Gasteiger partial charge in [-0.15, -0.1) is 0 Å². The molecule has 1 heterocycles. The van der Waals surface area contributed by atoms with Gasteiger partial charge in [0.15, 0.2) is 10.3 Å². The molecule has 0 spiro atoms. The maximum atomic E-state index is 14.6. The monoisotopic (exact) mass is 584 g/mol. The van der Waals surface area contributed by atoms with Crippen molar-refractivity contribution in [1.82, 2.24) is 9.55 Å². The van der Waals surface area contributed by atoms with Crippen LogP contribution in [0.5, 0.6) is 0 Å². The molecule has 0 saturated carbocycles. The highest BCUT2D eigenvalue weighted by Crippen LogP contribution is 2.42. The van der Waals surface area contributed by atoms with E-state index in [4.69, 9.17) is 39.9 Å².